The lowest BCUT2D eigenvalue weighted by atomic mass is 10.1. The molecule has 1 saturated heterocycles. The lowest BCUT2D eigenvalue weighted by Crippen LogP contribution is -2.28. The van der Waals surface area contributed by atoms with Gasteiger partial charge in [-0.3, -0.25) is 4.79 Å². The van der Waals surface area contributed by atoms with Crippen LogP contribution in [0.15, 0.2) is 12.1 Å². The molecular formula is C11H9ClFN3O3S. The number of nitriles is 1. The predicted molar refractivity (Wildman–Crippen MR) is 71.4 cm³/mol. The van der Waals surface area contributed by atoms with Crippen LogP contribution < -0.4 is 10.6 Å². The molecule has 1 aliphatic heterocycles. The van der Waals surface area contributed by atoms with E-state index in [0.29, 0.717) is 0 Å². The van der Waals surface area contributed by atoms with E-state index in [-0.39, 0.29) is 22.0 Å². The molecule has 1 aromatic rings. The van der Waals surface area contributed by atoms with Crippen molar-refractivity contribution < 1.29 is 17.1 Å². The molecule has 1 aliphatic rings. The molecule has 2 rings (SSSR count). The minimum atomic E-state index is -4.84. The lowest BCUT2D eigenvalue weighted by molar-refractivity contribution is -0.117. The van der Waals surface area contributed by atoms with Crippen molar-refractivity contribution in [2.75, 3.05) is 17.2 Å². The lowest BCUT2D eigenvalue weighted by Gasteiger charge is -2.20. The van der Waals surface area contributed by atoms with Crippen molar-refractivity contribution >= 4 is 39.1 Å². The van der Waals surface area contributed by atoms with E-state index < -0.39 is 34.3 Å². The van der Waals surface area contributed by atoms with Gasteiger partial charge in [-0.25, -0.2) is 0 Å². The highest BCUT2D eigenvalue weighted by Gasteiger charge is 2.40. The summed E-state index contributed by atoms with van der Waals surface area (Å²) in [6, 6.07) is 4.59. The highest BCUT2D eigenvalue weighted by atomic mass is 35.5. The number of carbonyl (C=O) groups is 1. The number of anilines is 2. The second kappa shape index (κ2) is 4.92. The fourth-order valence-corrected chi connectivity index (χ4v) is 2.92. The van der Waals surface area contributed by atoms with E-state index in [1.54, 1.807) is 6.07 Å². The maximum atomic E-state index is 13.0. The Morgan fingerprint density at radius 3 is 2.65 bits per heavy atom. The summed E-state index contributed by atoms with van der Waals surface area (Å²) in [6.45, 7) is -0.392. The number of halogens is 2. The molecule has 2 N–H and O–H groups in total. The first-order chi connectivity index (χ1) is 9.25. The Morgan fingerprint density at radius 2 is 2.15 bits per heavy atom. The number of rotatable bonds is 2. The van der Waals surface area contributed by atoms with E-state index in [4.69, 9.17) is 22.6 Å². The topological polar surface area (TPSA) is 104 Å². The smallest absolute Gasteiger partial charge is 0.307 e. The molecule has 0 saturated carbocycles. The van der Waals surface area contributed by atoms with Crippen LogP contribution in [0, 0.1) is 11.3 Å². The van der Waals surface area contributed by atoms with Gasteiger partial charge in [0.25, 0.3) is 0 Å². The molecule has 0 aromatic heterocycles. The largest absolute Gasteiger partial charge is 0.397 e. The molecule has 20 heavy (non-hydrogen) atoms. The van der Waals surface area contributed by atoms with E-state index in [1.165, 1.54) is 12.1 Å². The van der Waals surface area contributed by atoms with Crippen LogP contribution in [0.5, 0.6) is 0 Å². The molecule has 0 aliphatic carbocycles. The van der Waals surface area contributed by atoms with Crippen molar-refractivity contribution in [1.29, 1.82) is 5.26 Å². The fraction of sp³-hybridized carbons (Fsp3) is 0.273. The summed E-state index contributed by atoms with van der Waals surface area (Å²) in [5, 5.41) is 7.70. The van der Waals surface area contributed by atoms with Gasteiger partial charge in [0.15, 0.2) is 0 Å². The summed E-state index contributed by atoms with van der Waals surface area (Å²) in [6.07, 6.45) is -0.490. The van der Waals surface area contributed by atoms with Gasteiger partial charge in [0.1, 0.15) is 11.3 Å². The standard InChI is InChI=1S/C11H9ClFN3O3S/c12-8-1-2-9(15)11(7(8)4-14)16-5-6(3-10(16)17)20(13,18)19/h1-2,6H,3,5,15H2. The van der Waals surface area contributed by atoms with Crippen LogP contribution in [-0.4, -0.2) is 26.1 Å². The third kappa shape index (κ3) is 2.42. The number of nitrogen functional groups attached to an aromatic ring is 1. The SMILES string of the molecule is N#Cc1c(Cl)ccc(N)c1N1CC(S(=O)(=O)F)CC1=O. The minimum Gasteiger partial charge on any atom is -0.397 e. The monoisotopic (exact) mass is 317 g/mol. The Kier molecular flexibility index (Phi) is 3.58. The van der Waals surface area contributed by atoms with Gasteiger partial charge < -0.3 is 10.6 Å². The molecular weight excluding hydrogens is 309 g/mol. The number of hydrogen-bond acceptors (Lipinski definition) is 5. The van der Waals surface area contributed by atoms with Gasteiger partial charge in [0, 0.05) is 13.0 Å². The van der Waals surface area contributed by atoms with Gasteiger partial charge in [0.05, 0.1) is 22.0 Å². The third-order valence-corrected chi connectivity index (χ3v) is 4.45. The first-order valence-corrected chi connectivity index (χ1v) is 7.30. The van der Waals surface area contributed by atoms with Crippen molar-refractivity contribution in [2.45, 2.75) is 11.7 Å². The Balaban J connectivity index is 2.52. The molecule has 1 aromatic carbocycles. The average molecular weight is 318 g/mol. The van der Waals surface area contributed by atoms with Gasteiger partial charge in [-0.2, -0.15) is 13.7 Å². The van der Waals surface area contributed by atoms with Crippen molar-refractivity contribution in [2.24, 2.45) is 0 Å². The van der Waals surface area contributed by atoms with Crippen LogP contribution in [0.25, 0.3) is 0 Å². The van der Waals surface area contributed by atoms with Crippen molar-refractivity contribution in [1.82, 2.24) is 0 Å². The summed E-state index contributed by atoms with van der Waals surface area (Å²) < 4.78 is 34.8. The molecule has 0 radical (unpaired) electrons. The number of benzene rings is 1. The van der Waals surface area contributed by atoms with Crippen LogP contribution in [0.3, 0.4) is 0 Å². The second-order valence-corrected chi connectivity index (χ2v) is 6.30. The number of carbonyl (C=O) groups excluding carboxylic acids is 1. The van der Waals surface area contributed by atoms with E-state index in [2.05, 4.69) is 0 Å². The Bertz CT molecular complexity index is 729. The van der Waals surface area contributed by atoms with E-state index in [0.717, 1.165) is 4.90 Å². The van der Waals surface area contributed by atoms with Crippen LogP contribution in [0.4, 0.5) is 15.3 Å². The molecule has 1 atom stereocenters. The van der Waals surface area contributed by atoms with Gasteiger partial charge in [0.2, 0.25) is 5.91 Å². The molecule has 1 amide bonds. The molecule has 6 nitrogen and oxygen atoms in total. The Morgan fingerprint density at radius 1 is 1.50 bits per heavy atom. The Labute approximate surface area is 119 Å². The van der Waals surface area contributed by atoms with E-state index >= 15 is 0 Å². The van der Waals surface area contributed by atoms with Gasteiger partial charge in [-0.15, -0.1) is 3.89 Å². The van der Waals surface area contributed by atoms with Crippen LogP contribution >= 0.6 is 11.6 Å². The normalized spacial score (nSPS) is 19.1. The number of nitrogens with two attached hydrogens (primary N) is 1. The van der Waals surface area contributed by atoms with Crippen molar-refractivity contribution in [3.8, 4) is 6.07 Å². The number of nitrogens with zero attached hydrogens (tertiary/aromatic N) is 2. The first kappa shape index (κ1) is 14.6. The third-order valence-electron chi connectivity index (χ3n) is 3.03. The number of hydrogen-bond donors (Lipinski definition) is 1. The summed E-state index contributed by atoms with van der Waals surface area (Å²) in [5.74, 6) is -0.623. The average Bonchev–Trinajstić information content (AvgIpc) is 2.73. The Hall–Kier alpha value is -1.85. The molecule has 0 spiro atoms. The zero-order valence-corrected chi connectivity index (χ0v) is 11.6. The molecule has 1 unspecified atom stereocenters. The summed E-state index contributed by atoms with van der Waals surface area (Å²) in [5.41, 5.74) is 5.79. The van der Waals surface area contributed by atoms with Crippen LogP contribution in [0.2, 0.25) is 5.02 Å². The van der Waals surface area contributed by atoms with Crippen LogP contribution in [0.1, 0.15) is 12.0 Å². The van der Waals surface area contributed by atoms with Gasteiger partial charge in [-0.05, 0) is 12.1 Å². The van der Waals surface area contributed by atoms with Crippen molar-refractivity contribution in [3.05, 3.63) is 22.7 Å². The van der Waals surface area contributed by atoms with Crippen LogP contribution in [-0.2, 0) is 15.0 Å². The second-order valence-electron chi connectivity index (χ2n) is 4.28. The molecule has 0 bridgehead atoms. The molecule has 1 fully saturated rings. The quantitative estimate of drug-likeness (QED) is 0.652. The minimum absolute atomic E-state index is 0.0242. The van der Waals surface area contributed by atoms with Gasteiger partial charge >= 0.3 is 10.2 Å². The highest BCUT2D eigenvalue weighted by molar-refractivity contribution is 7.87. The molecule has 106 valence electrons. The number of amides is 1. The maximum absolute atomic E-state index is 13.0. The van der Waals surface area contributed by atoms with Crippen molar-refractivity contribution in [3.63, 3.8) is 0 Å². The first-order valence-electron chi connectivity index (χ1n) is 5.47. The highest BCUT2D eigenvalue weighted by Crippen LogP contribution is 2.36. The van der Waals surface area contributed by atoms with E-state index in [1.807, 2.05) is 0 Å². The molecule has 9 heteroatoms. The van der Waals surface area contributed by atoms with Gasteiger partial charge in [-0.1, -0.05) is 11.6 Å². The zero-order valence-electron chi connectivity index (χ0n) is 10.0. The molecule has 1 heterocycles. The fourth-order valence-electron chi connectivity index (χ4n) is 2.06. The maximum Gasteiger partial charge on any atom is 0.307 e. The zero-order chi connectivity index (χ0) is 15.1. The van der Waals surface area contributed by atoms with E-state index in [9.17, 15) is 17.1 Å². The summed E-state index contributed by atoms with van der Waals surface area (Å²) in [7, 11) is -4.84. The summed E-state index contributed by atoms with van der Waals surface area (Å²) in [4.78, 5) is 12.8. The predicted octanol–water partition coefficient (Wildman–Crippen LogP) is 1.20. The summed E-state index contributed by atoms with van der Waals surface area (Å²) >= 11 is 5.85.